The number of fused-ring (bicyclic) bond motifs is 1. The lowest BCUT2D eigenvalue weighted by Gasteiger charge is -2.16. The van der Waals surface area contributed by atoms with E-state index < -0.39 is 0 Å². The Morgan fingerprint density at radius 1 is 1.22 bits per heavy atom. The minimum atomic E-state index is -0.161. The Bertz CT molecular complexity index is 592. The first kappa shape index (κ1) is 11.5. The molecule has 3 rings (SSSR count). The van der Waals surface area contributed by atoms with Gasteiger partial charge in [-0.1, -0.05) is 31.7 Å². The van der Waals surface area contributed by atoms with Crippen LogP contribution in [0.1, 0.15) is 43.7 Å². The second kappa shape index (κ2) is 4.61. The Morgan fingerprint density at radius 2 is 1.94 bits per heavy atom. The van der Waals surface area contributed by atoms with Crippen LogP contribution in [0, 0.1) is 5.92 Å². The fraction of sp³-hybridized carbons (Fsp3) is 0.500. The normalized spacial score (nSPS) is 18.5. The van der Waals surface area contributed by atoms with Crippen molar-refractivity contribution in [1.82, 2.24) is 9.97 Å². The van der Waals surface area contributed by atoms with Crippen LogP contribution < -0.4 is 11.4 Å². The standard InChI is InChI=1S/C14H19N3O/c15-11(7-9-3-1-2-4-9)10-5-6-12-13(8-10)17-14(18)16-12/h5-6,8-9,11H,1-4,7,15H2,(H2,16,17,18). The fourth-order valence-corrected chi connectivity index (χ4v) is 3.02. The highest BCUT2D eigenvalue weighted by atomic mass is 16.1. The minimum absolute atomic E-state index is 0.0795. The molecule has 1 aliphatic rings. The second-order valence-corrected chi connectivity index (χ2v) is 5.38. The fourth-order valence-electron chi connectivity index (χ4n) is 3.02. The number of H-pyrrole nitrogens is 2. The molecule has 0 amide bonds. The molecular weight excluding hydrogens is 226 g/mol. The second-order valence-electron chi connectivity index (χ2n) is 5.38. The Labute approximate surface area is 106 Å². The first-order valence-electron chi connectivity index (χ1n) is 6.70. The smallest absolute Gasteiger partial charge is 0.323 e. The van der Waals surface area contributed by atoms with E-state index in [0.29, 0.717) is 0 Å². The number of nitrogens with two attached hydrogens (primary N) is 1. The molecule has 0 saturated heterocycles. The van der Waals surface area contributed by atoms with Crippen molar-refractivity contribution in [3.8, 4) is 0 Å². The van der Waals surface area contributed by atoms with Gasteiger partial charge in [0.15, 0.2) is 0 Å². The van der Waals surface area contributed by atoms with E-state index in [9.17, 15) is 4.79 Å². The Hall–Kier alpha value is -1.55. The van der Waals surface area contributed by atoms with Gasteiger partial charge in [-0.2, -0.15) is 0 Å². The molecular formula is C14H19N3O. The van der Waals surface area contributed by atoms with Crippen LogP contribution >= 0.6 is 0 Å². The van der Waals surface area contributed by atoms with Gasteiger partial charge in [0.05, 0.1) is 11.0 Å². The highest BCUT2D eigenvalue weighted by Crippen LogP contribution is 2.32. The van der Waals surface area contributed by atoms with Gasteiger partial charge < -0.3 is 15.7 Å². The molecule has 0 aliphatic heterocycles. The highest BCUT2D eigenvalue weighted by molar-refractivity contribution is 5.75. The Morgan fingerprint density at radius 3 is 2.72 bits per heavy atom. The number of nitrogens with one attached hydrogen (secondary N) is 2. The zero-order valence-corrected chi connectivity index (χ0v) is 10.4. The third-order valence-corrected chi connectivity index (χ3v) is 4.03. The third kappa shape index (κ3) is 2.20. The van der Waals surface area contributed by atoms with Crippen LogP contribution in [0.25, 0.3) is 11.0 Å². The third-order valence-electron chi connectivity index (χ3n) is 4.03. The van der Waals surface area contributed by atoms with Crippen molar-refractivity contribution in [1.29, 1.82) is 0 Å². The van der Waals surface area contributed by atoms with Crippen LogP contribution in [0.3, 0.4) is 0 Å². The quantitative estimate of drug-likeness (QED) is 0.777. The molecule has 2 aromatic rings. The predicted molar refractivity (Wildman–Crippen MR) is 72.4 cm³/mol. The average molecular weight is 245 g/mol. The van der Waals surface area contributed by atoms with Gasteiger partial charge in [0.1, 0.15) is 0 Å². The van der Waals surface area contributed by atoms with E-state index in [0.717, 1.165) is 28.9 Å². The van der Waals surface area contributed by atoms with Crippen LogP contribution in [0.2, 0.25) is 0 Å². The minimum Gasteiger partial charge on any atom is -0.324 e. The molecule has 96 valence electrons. The lowest BCUT2D eigenvalue weighted by Crippen LogP contribution is -2.14. The van der Waals surface area contributed by atoms with Gasteiger partial charge in [0.25, 0.3) is 0 Å². The van der Waals surface area contributed by atoms with Gasteiger partial charge in [-0.25, -0.2) is 4.79 Å². The van der Waals surface area contributed by atoms with E-state index in [2.05, 4.69) is 9.97 Å². The van der Waals surface area contributed by atoms with Crippen LogP contribution in [-0.4, -0.2) is 9.97 Å². The molecule has 1 fully saturated rings. The number of imidazole rings is 1. The molecule has 4 N–H and O–H groups in total. The predicted octanol–water partition coefficient (Wildman–Crippen LogP) is 2.44. The van der Waals surface area contributed by atoms with Crippen molar-refractivity contribution in [2.24, 2.45) is 11.7 Å². The SMILES string of the molecule is NC(CC1CCCC1)c1ccc2[nH]c(=O)[nH]c2c1. The molecule has 1 aromatic heterocycles. The van der Waals surface area contributed by atoms with Gasteiger partial charge in [0, 0.05) is 6.04 Å². The van der Waals surface area contributed by atoms with Crippen LogP contribution in [0.4, 0.5) is 0 Å². The first-order chi connectivity index (χ1) is 8.72. The number of aromatic amines is 2. The van der Waals surface area contributed by atoms with Crippen LogP contribution in [0.5, 0.6) is 0 Å². The van der Waals surface area contributed by atoms with Crippen molar-refractivity contribution in [3.05, 3.63) is 34.2 Å². The van der Waals surface area contributed by atoms with Gasteiger partial charge >= 0.3 is 5.69 Å². The van der Waals surface area contributed by atoms with E-state index >= 15 is 0 Å². The summed E-state index contributed by atoms with van der Waals surface area (Å²) >= 11 is 0. The van der Waals surface area contributed by atoms with Gasteiger partial charge in [-0.15, -0.1) is 0 Å². The van der Waals surface area contributed by atoms with Crippen molar-refractivity contribution in [3.63, 3.8) is 0 Å². The molecule has 1 heterocycles. The number of aromatic nitrogens is 2. The molecule has 1 aliphatic carbocycles. The zero-order chi connectivity index (χ0) is 12.5. The lowest BCUT2D eigenvalue weighted by atomic mass is 9.94. The molecule has 0 radical (unpaired) electrons. The Balaban J connectivity index is 1.81. The summed E-state index contributed by atoms with van der Waals surface area (Å²) in [4.78, 5) is 16.7. The van der Waals surface area contributed by atoms with Gasteiger partial charge in [0.2, 0.25) is 0 Å². The number of rotatable bonds is 3. The summed E-state index contributed by atoms with van der Waals surface area (Å²) in [7, 11) is 0. The zero-order valence-electron chi connectivity index (χ0n) is 10.4. The Kier molecular flexibility index (Phi) is 2.96. The molecule has 0 spiro atoms. The van der Waals surface area contributed by atoms with Crippen molar-refractivity contribution in [2.45, 2.75) is 38.1 Å². The average Bonchev–Trinajstić information content (AvgIpc) is 2.95. The maximum absolute atomic E-state index is 11.2. The van der Waals surface area contributed by atoms with E-state index in [1.54, 1.807) is 0 Å². The summed E-state index contributed by atoms with van der Waals surface area (Å²) in [5.74, 6) is 0.779. The maximum atomic E-state index is 11.2. The molecule has 18 heavy (non-hydrogen) atoms. The molecule has 0 bridgehead atoms. The van der Waals surface area contributed by atoms with Crippen LogP contribution in [-0.2, 0) is 0 Å². The summed E-state index contributed by atoms with van der Waals surface area (Å²) in [6.45, 7) is 0. The summed E-state index contributed by atoms with van der Waals surface area (Å²) in [5.41, 5.74) is 8.92. The summed E-state index contributed by atoms with van der Waals surface area (Å²) in [5, 5.41) is 0. The topological polar surface area (TPSA) is 74.7 Å². The number of hydrogen-bond acceptors (Lipinski definition) is 2. The first-order valence-corrected chi connectivity index (χ1v) is 6.70. The summed E-state index contributed by atoms with van der Waals surface area (Å²) < 4.78 is 0. The van der Waals surface area contributed by atoms with Gasteiger partial charge in [-0.3, -0.25) is 0 Å². The molecule has 4 nitrogen and oxygen atoms in total. The van der Waals surface area contributed by atoms with Crippen LogP contribution in [0.15, 0.2) is 23.0 Å². The van der Waals surface area contributed by atoms with E-state index in [1.807, 2.05) is 18.2 Å². The van der Waals surface area contributed by atoms with Gasteiger partial charge in [-0.05, 0) is 30.0 Å². The van der Waals surface area contributed by atoms with E-state index in [-0.39, 0.29) is 11.7 Å². The molecule has 1 aromatic carbocycles. The largest absolute Gasteiger partial charge is 0.324 e. The molecule has 1 atom stereocenters. The number of hydrogen-bond donors (Lipinski definition) is 3. The maximum Gasteiger partial charge on any atom is 0.323 e. The monoisotopic (exact) mass is 245 g/mol. The lowest BCUT2D eigenvalue weighted by molar-refractivity contribution is 0.451. The highest BCUT2D eigenvalue weighted by Gasteiger charge is 2.19. The van der Waals surface area contributed by atoms with Crippen molar-refractivity contribution >= 4 is 11.0 Å². The summed E-state index contributed by atoms with van der Waals surface area (Å²) in [6.07, 6.45) is 6.39. The van der Waals surface area contributed by atoms with Crippen molar-refractivity contribution in [2.75, 3.05) is 0 Å². The number of benzene rings is 1. The van der Waals surface area contributed by atoms with E-state index in [4.69, 9.17) is 5.73 Å². The van der Waals surface area contributed by atoms with E-state index in [1.165, 1.54) is 25.7 Å². The molecule has 1 unspecified atom stereocenters. The van der Waals surface area contributed by atoms with Crippen molar-refractivity contribution < 1.29 is 0 Å². The summed E-state index contributed by atoms with van der Waals surface area (Å²) in [6, 6.07) is 6.02. The molecule has 1 saturated carbocycles. The molecule has 4 heteroatoms.